The van der Waals surface area contributed by atoms with Gasteiger partial charge in [-0.1, -0.05) is 18.2 Å². The molecular formula is C21H13NO4. The average molecular weight is 343 g/mol. The fraction of sp³-hybridized carbons (Fsp3) is 0. The van der Waals surface area contributed by atoms with Crippen molar-refractivity contribution < 1.29 is 19.1 Å². The van der Waals surface area contributed by atoms with Gasteiger partial charge in [0.25, 0.3) is 0 Å². The zero-order chi connectivity index (χ0) is 17.9. The van der Waals surface area contributed by atoms with Gasteiger partial charge < -0.3 is 9.47 Å². The van der Waals surface area contributed by atoms with Crippen LogP contribution in [0.25, 0.3) is 6.08 Å². The second kappa shape index (κ2) is 6.64. The van der Waals surface area contributed by atoms with Crippen LogP contribution in [0, 0.1) is 0 Å². The minimum absolute atomic E-state index is 0.210. The van der Waals surface area contributed by atoms with Crippen molar-refractivity contribution in [1.82, 2.24) is 4.98 Å². The first-order valence-corrected chi connectivity index (χ1v) is 7.96. The van der Waals surface area contributed by atoms with Gasteiger partial charge in [-0.25, -0.2) is 4.79 Å². The second-order valence-electron chi connectivity index (χ2n) is 5.63. The summed E-state index contributed by atoms with van der Waals surface area (Å²) in [7, 11) is 0. The Kier molecular flexibility index (Phi) is 4.03. The maximum Gasteiger partial charge on any atom is 0.343 e. The van der Waals surface area contributed by atoms with E-state index in [9.17, 15) is 9.59 Å². The molecule has 126 valence electrons. The van der Waals surface area contributed by atoms with Gasteiger partial charge in [0.2, 0.25) is 5.78 Å². The summed E-state index contributed by atoms with van der Waals surface area (Å²) in [6.45, 7) is 0. The summed E-state index contributed by atoms with van der Waals surface area (Å²) in [4.78, 5) is 28.5. The van der Waals surface area contributed by atoms with Crippen molar-refractivity contribution >= 4 is 17.8 Å². The highest BCUT2D eigenvalue weighted by Gasteiger charge is 2.28. The van der Waals surface area contributed by atoms with Crippen LogP contribution in [0.5, 0.6) is 11.5 Å². The molecule has 0 saturated heterocycles. The normalized spacial score (nSPS) is 14.0. The Morgan fingerprint density at radius 2 is 1.77 bits per heavy atom. The lowest BCUT2D eigenvalue weighted by atomic mass is 10.1. The maximum atomic E-state index is 12.4. The fourth-order valence-electron chi connectivity index (χ4n) is 2.58. The number of fused-ring (bicyclic) bond motifs is 1. The van der Waals surface area contributed by atoms with E-state index in [1.165, 1.54) is 0 Å². The van der Waals surface area contributed by atoms with Gasteiger partial charge in [0.1, 0.15) is 11.5 Å². The highest BCUT2D eigenvalue weighted by Crippen LogP contribution is 2.35. The monoisotopic (exact) mass is 343 g/mol. The van der Waals surface area contributed by atoms with E-state index in [0.717, 1.165) is 5.56 Å². The minimum atomic E-state index is -0.470. The highest BCUT2D eigenvalue weighted by molar-refractivity contribution is 6.14. The van der Waals surface area contributed by atoms with Crippen molar-refractivity contribution in [3.63, 3.8) is 0 Å². The number of carbonyl (C=O) groups is 2. The van der Waals surface area contributed by atoms with Crippen LogP contribution in [0.3, 0.4) is 0 Å². The average Bonchev–Trinajstić information content (AvgIpc) is 2.98. The minimum Gasteiger partial charge on any atom is -0.452 e. The van der Waals surface area contributed by atoms with Crippen LogP contribution < -0.4 is 9.47 Å². The summed E-state index contributed by atoms with van der Waals surface area (Å²) in [5.41, 5.74) is 1.69. The molecule has 0 atom stereocenters. The number of carbonyl (C=O) groups excluding carboxylic acids is 2. The van der Waals surface area contributed by atoms with Crippen molar-refractivity contribution in [2.75, 3.05) is 0 Å². The van der Waals surface area contributed by atoms with E-state index in [4.69, 9.17) is 9.47 Å². The lowest BCUT2D eigenvalue weighted by Gasteiger charge is -2.05. The third-order valence-electron chi connectivity index (χ3n) is 3.87. The molecule has 5 heteroatoms. The first-order valence-electron chi connectivity index (χ1n) is 7.96. The first-order chi connectivity index (χ1) is 12.7. The molecule has 2 heterocycles. The highest BCUT2D eigenvalue weighted by atomic mass is 16.5. The zero-order valence-corrected chi connectivity index (χ0v) is 13.6. The number of esters is 1. The first kappa shape index (κ1) is 15.8. The molecule has 0 saturated carbocycles. The molecule has 0 N–H and O–H groups in total. The third-order valence-corrected chi connectivity index (χ3v) is 3.87. The molecule has 5 nitrogen and oxygen atoms in total. The Hall–Kier alpha value is -3.73. The third kappa shape index (κ3) is 3.10. The number of ketones is 1. The number of Topliss-reactive ketones (excluding diaryl/α,β-unsaturated/α-hetero) is 1. The molecule has 2 aromatic carbocycles. The quantitative estimate of drug-likeness (QED) is 0.410. The van der Waals surface area contributed by atoms with Crippen LogP contribution in [-0.2, 0) is 0 Å². The number of pyridine rings is 1. The number of hydrogen-bond donors (Lipinski definition) is 0. The Morgan fingerprint density at radius 3 is 2.54 bits per heavy atom. The summed E-state index contributed by atoms with van der Waals surface area (Å²) in [6.07, 6.45) is 4.93. The molecule has 26 heavy (non-hydrogen) atoms. The van der Waals surface area contributed by atoms with Gasteiger partial charge in [-0.15, -0.1) is 0 Å². The summed E-state index contributed by atoms with van der Waals surface area (Å²) >= 11 is 0. The molecule has 1 aliphatic rings. The Labute approximate surface area is 149 Å². The van der Waals surface area contributed by atoms with Crippen molar-refractivity contribution in [3.05, 3.63) is 95.5 Å². The number of allylic oxidation sites excluding steroid dienone is 1. The Morgan fingerprint density at radius 1 is 1.00 bits per heavy atom. The zero-order valence-electron chi connectivity index (χ0n) is 13.6. The van der Waals surface area contributed by atoms with Crippen LogP contribution in [0.15, 0.2) is 78.8 Å². The number of nitrogens with zero attached hydrogens (tertiary/aromatic N) is 1. The largest absolute Gasteiger partial charge is 0.452 e. The number of hydrogen-bond acceptors (Lipinski definition) is 5. The summed E-state index contributed by atoms with van der Waals surface area (Å²) in [5, 5.41) is 0. The number of aromatic nitrogens is 1. The van der Waals surface area contributed by atoms with E-state index in [2.05, 4.69) is 4.98 Å². The maximum absolute atomic E-state index is 12.4. The molecule has 0 bridgehead atoms. The Balaban J connectivity index is 1.56. The summed E-state index contributed by atoms with van der Waals surface area (Å²) in [6, 6.07) is 17.0. The van der Waals surface area contributed by atoms with Crippen molar-refractivity contribution in [3.8, 4) is 11.5 Å². The van der Waals surface area contributed by atoms with Crippen LogP contribution >= 0.6 is 0 Å². The van der Waals surface area contributed by atoms with Crippen molar-refractivity contribution in [2.24, 2.45) is 0 Å². The van der Waals surface area contributed by atoms with Crippen molar-refractivity contribution in [2.45, 2.75) is 0 Å². The molecule has 0 aliphatic carbocycles. The van der Waals surface area contributed by atoms with E-state index in [1.54, 1.807) is 73.1 Å². The van der Waals surface area contributed by atoms with E-state index in [-0.39, 0.29) is 11.5 Å². The molecule has 0 unspecified atom stereocenters. The van der Waals surface area contributed by atoms with Gasteiger partial charge in [0, 0.05) is 18.5 Å². The van der Waals surface area contributed by atoms with E-state index < -0.39 is 5.97 Å². The van der Waals surface area contributed by atoms with Gasteiger partial charge in [0.05, 0.1) is 11.1 Å². The molecule has 1 aliphatic heterocycles. The van der Waals surface area contributed by atoms with Crippen LogP contribution in [0.1, 0.15) is 26.3 Å². The van der Waals surface area contributed by atoms with Crippen LogP contribution in [0.4, 0.5) is 0 Å². The van der Waals surface area contributed by atoms with Gasteiger partial charge in [0.15, 0.2) is 5.76 Å². The topological polar surface area (TPSA) is 65.5 Å². The van der Waals surface area contributed by atoms with Gasteiger partial charge in [-0.3, -0.25) is 9.78 Å². The smallest absolute Gasteiger partial charge is 0.343 e. The lowest BCUT2D eigenvalue weighted by Crippen LogP contribution is -2.08. The van der Waals surface area contributed by atoms with Gasteiger partial charge in [-0.2, -0.15) is 0 Å². The fourth-order valence-corrected chi connectivity index (χ4v) is 2.58. The van der Waals surface area contributed by atoms with E-state index >= 15 is 0 Å². The summed E-state index contributed by atoms with van der Waals surface area (Å²) < 4.78 is 11.0. The second-order valence-corrected chi connectivity index (χ2v) is 5.63. The molecule has 3 aromatic rings. The van der Waals surface area contributed by atoms with Crippen LogP contribution in [0.2, 0.25) is 0 Å². The number of ether oxygens (including phenoxy) is 2. The molecule has 0 radical (unpaired) electrons. The summed E-state index contributed by atoms with van der Waals surface area (Å²) in [5.74, 6) is 0.224. The van der Waals surface area contributed by atoms with Gasteiger partial charge >= 0.3 is 5.97 Å². The standard InChI is InChI=1S/C21H13NO4/c23-20-17-7-6-16(25-21(24)15-4-2-1-3-5-15)13-18(17)26-19(20)12-14-8-10-22-11-9-14/h1-13H. The number of benzene rings is 2. The molecule has 0 fully saturated rings. The molecule has 1 aromatic heterocycles. The molecule has 0 spiro atoms. The predicted molar refractivity (Wildman–Crippen MR) is 95.0 cm³/mol. The van der Waals surface area contributed by atoms with E-state index in [0.29, 0.717) is 22.6 Å². The number of rotatable bonds is 3. The molecule has 0 amide bonds. The van der Waals surface area contributed by atoms with Gasteiger partial charge in [-0.05, 0) is 48.0 Å². The van der Waals surface area contributed by atoms with E-state index in [1.807, 2.05) is 6.07 Å². The van der Waals surface area contributed by atoms with Crippen molar-refractivity contribution in [1.29, 1.82) is 0 Å². The van der Waals surface area contributed by atoms with Crippen LogP contribution in [-0.4, -0.2) is 16.7 Å². The lowest BCUT2D eigenvalue weighted by molar-refractivity contribution is 0.0734. The molecule has 4 rings (SSSR count). The SMILES string of the molecule is O=C(Oc1ccc2c(c1)OC(=Cc1ccncc1)C2=O)c1ccccc1. The Bertz CT molecular complexity index is 1010. The molecular weight excluding hydrogens is 330 g/mol. The predicted octanol–water partition coefficient (Wildman–Crippen LogP) is 3.92.